The predicted molar refractivity (Wildman–Crippen MR) is 58.1 cm³/mol. The third-order valence-corrected chi connectivity index (χ3v) is 4.62. The van der Waals surface area contributed by atoms with Crippen LogP contribution in [-0.2, 0) is 0 Å². The van der Waals surface area contributed by atoms with Crippen LogP contribution in [0.15, 0.2) is 0 Å². The number of aliphatic hydroxyl groups excluding tert-OH is 1. The lowest BCUT2D eigenvalue weighted by molar-refractivity contribution is -0.147. The van der Waals surface area contributed by atoms with Gasteiger partial charge in [0.15, 0.2) is 0 Å². The van der Waals surface area contributed by atoms with E-state index in [1.165, 1.54) is 11.8 Å². The molecular weight excluding hydrogens is 241 g/mol. The van der Waals surface area contributed by atoms with Crippen molar-refractivity contribution in [2.24, 2.45) is 11.5 Å². The van der Waals surface area contributed by atoms with Gasteiger partial charge >= 0.3 is 6.18 Å². The van der Waals surface area contributed by atoms with Gasteiger partial charge in [-0.2, -0.15) is 24.9 Å². The van der Waals surface area contributed by atoms with Crippen molar-refractivity contribution < 1.29 is 18.3 Å². The van der Waals surface area contributed by atoms with E-state index in [0.717, 1.165) is 0 Å². The van der Waals surface area contributed by atoms with Crippen molar-refractivity contribution >= 4 is 11.8 Å². The summed E-state index contributed by atoms with van der Waals surface area (Å²) in [6.07, 6.45) is -2.84. The van der Waals surface area contributed by atoms with Crippen molar-refractivity contribution in [3.8, 4) is 0 Å². The maximum atomic E-state index is 12.4. The first-order valence-corrected chi connectivity index (χ1v) is 6.14. The van der Waals surface area contributed by atoms with E-state index >= 15 is 0 Å². The van der Waals surface area contributed by atoms with Crippen LogP contribution in [0.3, 0.4) is 0 Å². The van der Waals surface area contributed by atoms with E-state index in [-0.39, 0.29) is 17.9 Å². The Balaban J connectivity index is 2.46. The molecule has 0 radical (unpaired) electrons. The van der Waals surface area contributed by atoms with Gasteiger partial charge in [-0.25, -0.2) is 0 Å². The summed E-state index contributed by atoms with van der Waals surface area (Å²) in [7, 11) is 0. The van der Waals surface area contributed by atoms with E-state index in [0.29, 0.717) is 19.3 Å². The summed E-state index contributed by atoms with van der Waals surface area (Å²) >= 11 is 1.21. The largest absolute Gasteiger partial charge is 0.404 e. The highest BCUT2D eigenvalue weighted by Gasteiger charge is 2.45. The van der Waals surface area contributed by atoms with Crippen molar-refractivity contribution in [1.29, 1.82) is 0 Å². The molecule has 1 rings (SSSR count). The molecule has 5 N–H and O–H groups in total. The second-order valence-electron chi connectivity index (χ2n) is 4.03. The number of alkyl halides is 3. The van der Waals surface area contributed by atoms with E-state index in [4.69, 9.17) is 16.6 Å². The molecule has 0 saturated carbocycles. The molecule has 0 amide bonds. The maximum absolute atomic E-state index is 12.4. The minimum Gasteiger partial charge on any atom is -0.396 e. The quantitative estimate of drug-likeness (QED) is 0.699. The molecule has 1 fully saturated rings. The zero-order valence-electron chi connectivity index (χ0n) is 8.78. The van der Waals surface area contributed by atoms with Crippen LogP contribution >= 0.6 is 11.8 Å². The molecule has 7 heteroatoms. The maximum Gasteiger partial charge on any atom is 0.404 e. The van der Waals surface area contributed by atoms with Gasteiger partial charge in [0.25, 0.3) is 0 Å². The lowest BCUT2D eigenvalue weighted by atomic mass is 10.0. The Labute approximate surface area is 96.7 Å². The van der Waals surface area contributed by atoms with Gasteiger partial charge in [-0.3, -0.25) is 0 Å². The van der Waals surface area contributed by atoms with Crippen LogP contribution in [0, 0.1) is 0 Å². The fourth-order valence-corrected chi connectivity index (χ4v) is 3.47. The lowest BCUT2D eigenvalue weighted by Gasteiger charge is -2.23. The Bertz CT molecular complexity index is 227. The van der Waals surface area contributed by atoms with Crippen LogP contribution in [0.2, 0.25) is 0 Å². The highest BCUT2D eigenvalue weighted by Crippen LogP contribution is 2.40. The van der Waals surface area contributed by atoms with E-state index < -0.39 is 17.5 Å². The van der Waals surface area contributed by atoms with Crippen molar-refractivity contribution in [3.05, 3.63) is 0 Å². The monoisotopic (exact) mass is 258 g/mol. The number of hydrogen-bond acceptors (Lipinski definition) is 4. The van der Waals surface area contributed by atoms with E-state index in [1.54, 1.807) is 0 Å². The van der Waals surface area contributed by atoms with Gasteiger partial charge in [-0.1, -0.05) is 0 Å². The van der Waals surface area contributed by atoms with Gasteiger partial charge in [0, 0.05) is 23.1 Å². The highest BCUT2D eigenvalue weighted by molar-refractivity contribution is 8.00. The van der Waals surface area contributed by atoms with E-state index in [2.05, 4.69) is 0 Å². The molecule has 0 bridgehead atoms. The minimum absolute atomic E-state index is 0.0226. The van der Waals surface area contributed by atoms with E-state index in [9.17, 15) is 13.2 Å². The predicted octanol–water partition coefficient (Wildman–Crippen LogP) is 0.850. The fourth-order valence-electron chi connectivity index (χ4n) is 1.81. The van der Waals surface area contributed by atoms with Gasteiger partial charge < -0.3 is 16.6 Å². The molecule has 3 nitrogen and oxygen atoms in total. The van der Waals surface area contributed by atoms with Gasteiger partial charge in [0.2, 0.25) is 0 Å². The molecule has 1 aliphatic heterocycles. The first-order valence-electron chi connectivity index (χ1n) is 5.20. The third-order valence-electron chi connectivity index (χ3n) is 2.80. The molecular formula is C9H17F3N2OS. The summed E-state index contributed by atoms with van der Waals surface area (Å²) in [6, 6.07) is -2.02. The smallest absolute Gasteiger partial charge is 0.396 e. The molecule has 4 atom stereocenters. The summed E-state index contributed by atoms with van der Waals surface area (Å²) in [6.45, 7) is -0.0335. The van der Waals surface area contributed by atoms with Crippen LogP contribution in [0.5, 0.6) is 0 Å². The molecule has 0 spiro atoms. The van der Waals surface area contributed by atoms with Crippen LogP contribution < -0.4 is 11.5 Å². The summed E-state index contributed by atoms with van der Waals surface area (Å²) < 4.78 is 37.1. The lowest BCUT2D eigenvalue weighted by Crippen LogP contribution is -2.45. The van der Waals surface area contributed by atoms with Crippen molar-refractivity contribution in [1.82, 2.24) is 0 Å². The number of hydrogen-bond donors (Lipinski definition) is 3. The third kappa shape index (κ3) is 3.51. The molecule has 0 aromatic rings. The number of aliphatic hydroxyl groups is 1. The highest BCUT2D eigenvalue weighted by atomic mass is 32.2. The van der Waals surface area contributed by atoms with Crippen LogP contribution in [-0.4, -0.2) is 40.5 Å². The van der Waals surface area contributed by atoms with Crippen molar-refractivity contribution in [3.63, 3.8) is 0 Å². The number of rotatable bonds is 4. The fraction of sp³-hybridized carbons (Fsp3) is 1.00. The molecule has 1 saturated heterocycles. The Morgan fingerprint density at radius 3 is 2.31 bits per heavy atom. The molecule has 0 aliphatic carbocycles. The first kappa shape index (κ1) is 14.1. The average molecular weight is 258 g/mol. The Hall–Kier alpha value is 0.0200. The Morgan fingerprint density at radius 2 is 1.81 bits per heavy atom. The van der Waals surface area contributed by atoms with Crippen molar-refractivity contribution in [2.45, 2.75) is 48.0 Å². The van der Waals surface area contributed by atoms with Crippen LogP contribution in [0.4, 0.5) is 13.2 Å². The molecule has 1 aliphatic rings. The molecule has 0 aromatic carbocycles. The minimum atomic E-state index is -4.34. The van der Waals surface area contributed by atoms with Crippen LogP contribution in [0.1, 0.15) is 19.3 Å². The van der Waals surface area contributed by atoms with Crippen molar-refractivity contribution in [2.75, 3.05) is 6.61 Å². The topological polar surface area (TPSA) is 72.3 Å². The second kappa shape index (κ2) is 5.57. The summed E-state index contributed by atoms with van der Waals surface area (Å²) in [5, 5.41) is 8.08. The van der Waals surface area contributed by atoms with E-state index in [1.807, 2.05) is 0 Å². The number of nitrogens with two attached hydrogens (primary N) is 2. The summed E-state index contributed by atoms with van der Waals surface area (Å²) in [4.78, 5) is 0. The molecule has 1 heterocycles. The Kier molecular flexibility index (Phi) is 4.90. The van der Waals surface area contributed by atoms with Gasteiger partial charge in [0.1, 0.15) is 6.04 Å². The SMILES string of the molecule is NC(CCO)C1CCC(C(N)C(F)(F)F)S1. The molecule has 96 valence electrons. The van der Waals surface area contributed by atoms with Gasteiger partial charge in [0.05, 0.1) is 0 Å². The average Bonchev–Trinajstić information content (AvgIpc) is 2.64. The molecule has 16 heavy (non-hydrogen) atoms. The zero-order chi connectivity index (χ0) is 12.3. The molecule has 0 aromatic heterocycles. The van der Waals surface area contributed by atoms with Gasteiger partial charge in [-0.05, 0) is 19.3 Å². The van der Waals surface area contributed by atoms with Gasteiger partial charge in [-0.15, -0.1) is 0 Å². The normalized spacial score (nSPS) is 30.4. The Morgan fingerprint density at radius 1 is 1.25 bits per heavy atom. The summed E-state index contributed by atoms with van der Waals surface area (Å²) in [5.74, 6) is 0. The molecule has 4 unspecified atom stereocenters. The zero-order valence-corrected chi connectivity index (χ0v) is 9.60. The van der Waals surface area contributed by atoms with Crippen LogP contribution in [0.25, 0.3) is 0 Å². The number of thioether (sulfide) groups is 1. The number of halogens is 3. The second-order valence-corrected chi connectivity index (χ2v) is 5.52. The summed E-state index contributed by atoms with van der Waals surface area (Å²) in [5.41, 5.74) is 10.9. The first-order chi connectivity index (χ1) is 7.36. The standard InChI is InChI=1S/C9H17F3N2OS/c10-9(11,12)8(14)7-2-1-6(16-7)5(13)3-4-15/h5-8,15H,1-4,13-14H2.